The number of hydrogen-bond acceptors (Lipinski definition) is 4. The summed E-state index contributed by atoms with van der Waals surface area (Å²) in [4.78, 5) is 0. The molecule has 0 aliphatic heterocycles. The van der Waals surface area contributed by atoms with E-state index in [0.717, 1.165) is 24.8 Å². The fourth-order valence-electron chi connectivity index (χ4n) is 1.53. The molecule has 19 heavy (non-hydrogen) atoms. The number of halogens is 1. The lowest BCUT2D eigenvalue weighted by molar-refractivity contribution is 0.338. The average molecular weight is 289 g/mol. The molecule has 0 heterocycles. The third-order valence-electron chi connectivity index (χ3n) is 2.41. The van der Waals surface area contributed by atoms with Gasteiger partial charge in [0.05, 0.1) is 5.75 Å². The topological polar surface area (TPSA) is 55.4 Å². The van der Waals surface area contributed by atoms with Crippen molar-refractivity contribution in [2.75, 3.05) is 25.2 Å². The minimum atomic E-state index is -3.06. The Kier molecular flexibility index (Phi) is 6.24. The van der Waals surface area contributed by atoms with Crippen LogP contribution in [0, 0.1) is 5.82 Å². The molecule has 1 rings (SSSR count). The van der Waals surface area contributed by atoms with E-state index in [1.54, 1.807) is 6.07 Å². The van der Waals surface area contributed by atoms with Crippen LogP contribution in [0.25, 0.3) is 0 Å². The van der Waals surface area contributed by atoms with Crippen molar-refractivity contribution in [2.24, 2.45) is 0 Å². The number of sulfone groups is 1. The van der Waals surface area contributed by atoms with Gasteiger partial charge in [-0.3, -0.25) is 0 Å². The van der Waals surface area contributed by atoms with Gasteiger partial charge < -0.3 is 10.1 Å². The van der Waals surface area contributed by atoms with Gasteiger partial charge in [-0.15, -0.1) is 0 Å². The first-order chi connectivity index (χ1) is 8.90. The number of nitrogens with one attached hydrogen (secondary N) is 1. The van der Waals surface area contributed by atoms with Crippen LogP contribution in [0.5, 0.6) is 5.75 Å². The van der Waals surface area contributed by atoms with Crippen molar-refractivity contribution < 1.29 is 17.5 Å². The Labute approximate surface area is 113 Å². The van der Waals surface area contributed by atoms with Crippen LogP contribution in [-0.4, -0.2) is 33.6 Å². The minimum absolute atomic E-state index is 0.0319. The summed E-state index contributed by atoms with van der Waals surface area (Å²) < 4.78 is 40.6. The Bertz CT molecular complexity index is 503. The molecule has 0 amide bonds. The molecule has 1 aromatic carbocycles. The Morgan fingerprint density at radius 2 is 2.05 bits per heavy atom. The highest BCUT2D eigenvalue weighted by atomic mass is 32.2. The maximum Gasteiger partial charge on any atom is 0.150 e. The van der Waals surface area contributed by atoms with E-state index in [-0.39, 0.29) is 18.2 Å². The van der Waals surface area contributed by atoms with Gasteiger partial charge in [0.25, 0.3) is 0 Å². The van der Waals surface area contributed by atoms with Crippen LogP contribution in [0.2, 0.25) is 0 Å². The van der Waals surface area contributed by atoms with Gasteiger partial charge >= 0.3 is 0 Å². The van der Waals surface area contributed by atoms with Crippen molar-refractivity contribution in [3.8, 4) is 5.75 Å². The van der Waals surface area contributed by atoms with E-state index in [2.05, 4.69) is 12.2 Å². The standard InChI is InChI=1S/C13H20FNO3S/c1-3-4-15-10-11-7-12(14)9-13(8-11)18-5-6-19(2,16)17/h7-9,15H,3-6,10H2,1-2H3. The maximum atomic E-state index is 13.4. The van der Waals surface area contributed by atoms with Crippen molar-refractivity contribution in [1.29, 1.82) is 0 Å². The van der Waals surface area contributed by atoms with Gasteiger partial charge in [-0.2, -0.15) is 0 Å². The number of rotatable bonds is 8. The van der Waals surface area contributed by atoms with Gasteiger partial charge in [0.2, 0.25) is 0 Å². The quantitative estimate of drug-likeness (QED) is 0.741. The van der Waals surface area contributed by atoms with Crippen molar-refractivity contribution in [2.45, 2.75) is 19.9 Å². The van der Waals surface area contributed by atoms with Crippen LogP contribution in [0.4, 0.5) is 4.39 Å². The molecule has 0 unspecified atom stereocenters. The van der Waals surface area contributed by atoms with E-state index in [4.69, 9.17) is 4.74 Å². The summed E-state index contributed by atoms with van der Waals surface area (Å²) >= 11 is 0. The summed E-state index contributed by atoms with van der Waals surface area (Å²) in [6.45, 7) is 3.51. The molecule has 0 spiro atoms. The zero-order valence-electron chi connectivity index (χ0n) is 11.3. The molecule has 0 bridgehead atoms. The van der Waals surface area contributed by atoms with Gasteiger partial charge in [0.1, 0.15) is 18.2 Å². The van der Waals surface area contributed by atoms with Gasteiger partial charge in [0, 0.05) is 18.9 Å². The molecule has 0 atom stereocenters. The highest BCUT2D eigenvalue weighted by Crippen LogP contribution is 2.16. The fourth-order valence-corrected chi connectivity index (χ4v) is 1.91. The minimum Gasteiger partial charge on any atom is -0.492 e. The molecule has 1 aromatic rings. The van der Waals surface area contributed by atoms with E-state index in [1.165, 1.54) is 12.1 Å². The number of hydrogen-bond donors (Lipinski definition) is 1. The van der Waals surface area contributed by atoms with Gasteiger partial charge in [-0.25, -0.2) is 12.8 Å². The summed E-state index contributed by atoms with van der Waals surface area (Å²) in [5, 5.41) is 3.17. The molecule has 0 aromatic heterocycles. The molecule has 108 valence electrons. The molecule has 0 aliphatic rings. The first-order valence-electron chi connectivity index (χ1n) is 6.21. The van der Waals surface area contributed by atoms with Crippen molar-refractivity contribution in [3.63, 3.8) is 0 Å². The second kappa shape index (κ2) is 7.45. The molecule has 0 saturated carbocycles. The summed E-state index contributed by atoms with van der Waals surface area (Å²) in [7, 11) is -3.06. The Hall–Kier alpha value is -1.14. The number of benzene rings is 1. The highest BCUT2D eigenvalue weighted by Gasteiger charge is 2.05. The maximum absolute atomic E-state index is 13.4. The molecule has 6 heteroatoms. The molecule has 0 fully saturated rings. The molecule has 0 radical (unpaired) electrons. The van der Waals surface area contributed by atoms with E-state index in [1.807, 2.05) is 0 Å². The van der Waals surface area contributed by atoms with Crippen LogP contribution >= 0.6 is 0 Å². The van der Waals surface area contributed by atoms with Crippen LogP contribution < -0.4 is 10.1 Å². The molecule has 0 aliphatic carbocycles. The lowest BCUT2D eigenvalue weighted by atomic mass is 10.2. The predicted molar refractivity (Wildman–Crippen MR) is 73.6 cm³/mol. The van der Waals surface area contributed by atoms with Crippen LogP contribution in [0.1, 0.15) is 18.9 Å². The van der Waals surface area contributed by atoms with Gasteiger partial charge in [0.15, 0.2) is 9.84 Å². The monoisotopic (exact) mass is 289 g/mol. The number of ether oxygens (including phenoxy) is 1. The van der Waals surface area contributed by atoms with Crippen LogP contribution in [0.15, 0.2) is 18.2 Å². The zero-order valence-corrected chi connectivity index (χ0v) is 12.1. The fraction of sp³-hybridized carbons (Fsp3) is 0.538. The van der Waals surface area contributed by atoms with Crippen LogP contribution in [0.3, 0.4) is 0 Å². The van der Waals surface area contributed by atoms with Gasteiger partial charge in [-0.1, -0.05) is 6.92 Å². The van der Waals surface area contributed by atoms with Crippen LogP contribution in [-0.2, 0) is 16.4 Å². The summed E-state index contributed by atoms with van der Waals surface area (Å²) in [6.07, 6.45) is 2.15. The van der Waals surface area contributed by atoms with E-state index in [0.29, 0.717) is 12.3 Å². The third-order valence-corrected chi connectivity index (χ3v) is 3.32. The van der Waals surface area contributed by atoms with Crippen molar-refractivity contribution in [3.05, 3.63) is 29.6 Å². The lowest BCUT2D eigenvalue weighted by Crippen LogP contribution is -2.14. The lowest BCUT2D eigenvalue weighted by Gasteiger charge is -2.09. The normalized spacial score (nSPS) is 11.5. The average Bonchev–Trinajstić information content (AvgIpc) is 2.27. The first kappa shape index (κ1) is 15.9. The largest absolute Gasteiger partial charge is 0.492 e. The molecular weight excluding hydrogens is 269 g/mol. The van der Waals surface area contributed by atoms with Gasteiger partial charge in [-0.05, 0) is 30.7 Å². The summed E-state index contributed by atoms with van der Waals surface area (Å²) in [6, 6.07) is 4.41. The van der Waals surface area contributed by atoms with E-state index >= 15 is 0 Å². The van der Waals surface area contributed by atoms with Crippen molar-refractivity contribution in [1.82, 2.24) is 5.32 Å². The SMILES string of the molecule is CCCNCc1cc(F)cc(OCCS(C)(=O)=O)c1. The van der Waals surface area contributed by atoms with E-state index in [9.17, 15) is 12.8 Å². The summed E-state index contributed by atoms with van der Waals surface area (Å²) in [5.74, 6) is -0.102. The smallest absolute Gasteiger partial charge is 0.150 e. The Morgan fingerprint density at radius 3 is 2.68 bits per heavy atom. The Morgan fingerprint density at radius 1 is 1.32 bits per heavy atom. The zero-order chi connectivity index (χ0) is 14.3. The highest BCUT2D eigenvalue weighted by molar-refractivity contribution is 7.90. The second-order valence-electron chi connectivity index (χ2n) is 4.45. The summed E-state index contributed by atoms with van der Waals surface area (Å²) in [5.41, 5.74) is 0.780. The van der Waals surface area contributed by atoms with E-state index < -0.39 is 9.84 Å². The second-order valence-corrected chi connectivity index (χ2v) is 6.71. The molecule has 0 saturated heterocycles. The Balaban J connectivity index is 2.58. The third kappa shape index (κ3) is 7.12. The van der Waals surface area contributed by atoms with Crippen molar-refractivity contribution >= 4 is 9.84 Å². The molecular formula is C13H20FNO3S. The molecule has 4 nitrogen and oxygen atoms in total. The first-order valence-corrected chi connectivity index (χ1v) is 8.27. The predicted octanol–water partition coefficient (Wildman–Crippen LogP) is 1.75. The molecule has 1 N–H and O–H groups in total.